The molecule has 10 heteroatoms. The number of rotatable bonds is 4. The standard InChI is InChI=1S/C12H18N4O5S/c1-8-3-14-9(4-13-8)11(18)16-5-10(17)12(19,7-16)6-15-22(2,20)21/h3-4,10,15,17,19H,5-7H2,1-2H3/t10-,12+/m1/s1. The minimum Gasteiger partial charge on any atom is -0.388 e. The minimum atomic E-state index is -3.51. The summed E-state index contributed by atoms with van der Waals surface area (Å²) in [5, 5.41) is 20.3. The molecule has 2 atom stereocenters. The Balaban J connectivity index is 2.09. The van der Waals surface area contributed by atoms with Gasteiger partial charge in [0.05, 0.1) is 31.2 Å². The van der Waals surface area contributed by atoms with Crippen molar-refractivity contribution < 1.29 is 23.4 Å². The van der Waals surface area contributed by atoms with Gasteiger partial charge < -0.3 is 15.1 Å². The summed E-state index contributed by atoms with van der Waals surface area (Å²) in [6.45, 7) is 1.04. The molecular formula is C12H18N4O5S. The topological polar surface area (TPSA) is 133 Å². The number of nitrogens with zero attached hydrogens (tertiary/aromatic N) is 3. The summed E-state index contributed by atoms with van der Waals surface area (Å²) in [6, 6.07) is 0. The van der Waals surface area contributed by atoms with Crippen LogP contribution in [0.1, 0.15) is 16.2 Å². The fraction of sp³-hybridized carbons (Fsp3) is 0.583. The van der Waals surface area contributed by atoms with Crippen LogP contribution in [-0.4, -0.2) is 77.0 Å². The van der Waals surface area contributed by atoms with Crippen LogP contribution in [0.4, 0.5) is 0 Å². The van der Waals surface area contributed by atoms with Crippen molar-refractivity contribution >= 4 is 15.9 Å². The predicted octanol–water partition coefficient (Wildman–Crippen LogP) is -2.12. The summed E-state index contributed by atoms with van der Waals surface area (Å²) < 4.78 is 24.3. The quantitative estimate of drug-likeness (QED) is 0.575. The summed E-state index contributed by atoms with van der Waals surface area (Å²) in [5.74, 6) is -0.484. The monoisotopic (exact) mass is 330 g/mol. The van der Waals surface area contributed by atoms with E-state index in [-0.39, 0.29) is 25.3 Å². The molecule has 1 aliphatic heterocycles. The van der Waals surface area contributed by atoms with Crippen LogP contribution in [0.3, 0.4) is 0 Å². The van der Waals surface area contributed by atoms with Crippen LogP contribution in [0, 0.1) is 6.92 Å². The average molecular weight is 330 g/mol. The van der Waals surface area contributed by atoms with Crippen molar-refractivity contribution in [2.24, 2.45) is 0 Å². The number of carbonyl (C=O) groups is 1. The van der Waals surface area contributed by atoms with Gasteiger partial charge in [-0.25, -0.2) is 18.1 Å². The maximum Gasteiger partial charge on any atom is 0.274 e. The van der Waals surface area contributed by atoms with E-state index in [1.807, 2.05) is 0 Å². The Labute approximate surface area is 128 Å². The maximum atomic E-state index is 12.3. The highest BCUT2D eigenvalue weighted by atomic mass is 32.2. The van der Waals surface area contributed by atoms with E-state index in [4.69, 9.17) is 0 Å². The van der Waals surface area contributed by atoms with Gasteiger partial charge in [-0.1, -0.05) is 0 Å². The summed E-state index contributed by atoms with van der Waals surface area (Å²) in [6.07, 6.45) is 2.44. The number of aliphatic hydroxyl groups is 2. The van der Waals surface area contributed by atoms with Crippen molar-refractivity contribution in [2.75, 3.05) is 25.9 Å². The van der Waals surface area contributed by atoms with Crippen molar-refractivity contribution in [2.45, 2.75) is 18.6 Å². The Morgan fingerprint density at radius 3 is 2.73 bits per heavy atom. The summed E-state index contributed by atoms with van der Waals surface area (Å²) in [7, 11) is -3.51. The van der Waals surface area contributed by atoms with Crippen molar-refractivity contribution in [1.29, 1.82) is 0 Å². The number of amides is 1. The first-order valence-corrected chi connectivity index (χ1v) is 8.43. The van der Waals surface area contributed by atoms with Crippen LogP contribution in [-0.2, 0) is 10.0 Å². The maximum absolute atomic E-state index is 12.3. The lowest BCUT2D eigenvalue weighted by Gasteiger charge is -2.25. The van der Waals surface area contributed by atoms with E-state index in [0.29, 0.717) is 5.69 Å². The van der Waals surface area contributed by atoms with Gasteiger partial charge >= 0.3 is 0 Å². The third kappa shape index (κ3) is 3.77. The third-order valence-electron chi connectivity index (χ3n) is 3.41. The number of aliphatic hydroxyl groups excluding tert-OH is 1. The molecular weight excluding hydrogens is 312 g/mol. The van der Waals surface area contributed by atoms with E-state index in [1.54, 1.807) is 6.92 Å². The zero-order chi connectivity index (χ0) is 16.5. The number of hydrogen-bond acceptors (Lipinski definition) is 7. The number of aromatic nitrogens is 2. The Morgan fingerprint density at radius 2 is 2.18 bits per heavy atom. The van der Waals surface area contributed by atoms with Gasteiger partial charge in [0.2, 0.25) is 10.0 Å². The average Bonchev–Trinajstić information content (AvgIpc) is 2.73. The molecule has 1 saturated heterocycles. The number of nitrogens with one attached hydrogen (secondary N) is 1. The number of aryl methyl sites for hydroxylation is 1. The van der Waals surface area contributed by atoms with Gasteiger partial charge in [0.1, 0.15) is 17.4 Å². The van der Waals surface area contributed by atoms with Gasteiger partial charge in [-0.3, -0.25) is 9.78 Å². The highest BCUT2D eigenvalue weighted by Crippen LogP contribution is 2.23. The van der Waals surface area contributed by atoms with E-state index < -0.39 is 27.6 Å². The predicted molar refractivity (Wildman–Crippen MR) is 76.5 cm³/mol. The van der Waals surface area contributed by atoms with Crippen LogP contribution in [0.25, 0.3) is 0 Å². The zero-order valence-corrected chi connectivity index (χ0v) is 13.0. The lowest BCUT2D eigenvalue weighted by Crippen LogP contribution is -2.51. The zero-order valence-electron chi connectivity index (χ0n) is 12.2. The number of β-amino-alcohol motifs (C(OH)–C–C–N with tert-alkyl or cyclic N) is 2. The molecule has 0 unspecified atom stereocenters. The molecule has 22 heavy (non-hydrogen) atoms. The van der Waals surface area contributed by atoms with Crippen molar-refractivity contribution in [3.63, 3.8) is 0 Å². The molecule has 1 aromatic rings. The van der Waals surface area contributed by atoms with Crippen LogP contribution >= 0.6 is 0 Å². The van der Waals surface area contributed by atoms with E-state index >= 15 is 0 Å². The third-order valence-corrected chi connectivity index (χ3v) is 4.07. The molecule has 1 amide bonds. The van der Waals surface area contributed by atoms with Gasteiger partial charge in [0.15, 0.2) is 0 Å². The van der Waals surface area contributed by atoms with Gasteiger partial charge in [0.25, 0.3) is 5.91 Å². The largest absolute Gasteiger partial charge is 0.388 e. The second kappa shape index (κ2) is 5.88. The van der Waals surface area contributed by atoms with Crippen LogP contribution < -0.4 is 4.72 Å². The van der Waals surface area contributed by atoms with Gasteiger partial charge in [0, 0.05) is 12.7 Å². The minimum absolute atomic E-state index is 0.0955. The fourth-order valence-corrected chi connectivity index (χ4v) is 2.64. The number of likely N-dealkylation sites (tertiary alicyclic amines) is 1. The van der Waals surface area contributed by atoms with E-state index in [0.717, 1.165) is 6.26 Å². The molecule has 122 valence electrons. The van der Waals surface area contributed by atoms with Crippen molar-refractivity contribution in [3.8, 4) is 0 Å². The molecule has 0 spiro atoms. The Bertz CT molecular complexity index is 663. The molecule has 0 aromatic carbocycles. The summed E-state index contributed by atoms with van der Waals surface area (Å²) in [5.41, 5.74) is -0.985. The van der Waals surface area contributed by atoms with E-state index in [9.17, 15) is 23.4 Å². The molecule has 2 heterocycles. The fourth-order valence-electron chi connectivity index (χ4n) is 2.13. The molecule has 1 aliphatic rings. The molecule has 1 aromatic heterocycles. The van der Waals surface area contributed by atoms with Crippen LogP contribution in [0.5, 0.6) is 0 Å². The number of sulfonamides is 1. The molecule has 3 N–H and O–H groups in total. The first-order valence-electron chi connectivity index (χ1n) is 6.54. The molecule has 0 saturated carbocycles. The van der Waals surface area contributed by atoms with Gasteiger partial charge in [-0.15, -0.1) is 0 Å². The van der Waals surface area contributed by atoms with Gasteiger partial charge in [-0.2, -0.15) is 0 Å². The SMILES string of the molecule is Cc1cnc(C(=O)N2C[C@@H](O)[C@](O)(CNS(C)(=O)=O)C2)cn1. The van der Waals surface area contributed by atoms with Crippen molar-refractivity contribution in [1.82, 2.24) is 19.6 Å². The normalized spacial score (nSPS) is 25.5. The highest BCUT2D eigenvalue weighted by Gasteiger charge is 2.46. The molecule has 1 fully saturated rings. The lowest BCUT2D eigenvalue weighted by molar-refractivity contribution is -0.0352. The summed E-state index contributed by atoms with van der Waals surface area (Å²) >= 11 is 0. The second-order valence-corrected chi connectivity index (χ2v) is 7.27. The first kappa shape index (κ1) is 16.7. The van der Waals surface area contributed by atoms with Crippen LogP contribution in [0.15, 0.2) is 12.4 Å². The van der Waals surface area contributed by atoms with Crippen molar-refractivity contribution in [3.05, 3.63) is 23.8 Å². The summed E-state index contributed by atoms with van der Waals surface area (Å²) in [4.78, 5) is 21.4. The molecule has 0 aliphatic carbocycles. The smallest absolute Gasteiger partial charge is 0.274 e. The second-order valence-electron chi connectivity index (χ2n) is 5.44. The first-order chi connectivity index (χ1) is 10.1. The molecule has 2 rings (SSSR count). The van der Waals surface area contributed by atoms with Crippen LogP contribution in [0.2, 0.25) is 0 Å². The molecule has 0 bridgehead atoms. The highest BCUT2D eigenvalue weighted by molar-refractivity contribution is 7.88. The van der Waals surface area contributed by atoms with Gasteiger partial charge in [-0.05, 0) is 6.92 Å². The van der Waals surface area contributed by atoms with E-state index in [1.165, 1.54) is 17.3 Å². The molecule has 9 nitrogen and oxygen atoms in total. The Hall–Kier alpha value is -1.62. The number of carbonyl (C=O) groups excluding carboxylic acids is 1. The number of hydrogen-bond donors (Lipinski definition) is 3. The Morgan fingerprint density at radius 1 is 1.50 bits per heavy atom. The molecule has 0 radical (unpaired) electrons. The lowest BCUT2D eigenvalue weighted by atomic mass is 10.0. The Kier molecular flexibility index (Phi) is 4.47. The van der Waals surface area contributed by atoms with E-state index in [2.05, 4.69) is 14.7 Å².